The van der Waals surface area contributed by atoms with Crippen molar-refractivity contribution in [1.29, 1.82) is 0 Å². The minimum atomic E-state index is -0.878. The van der Waals surface area contributed by atoms with Gasteiger partial charge in [0.2, 0.25) is 0 Å². The van der Waals surface area contributed by atoms with Gasteiger partial charge in [0, 0.05) is 19.0 Å². The molecule has 1 N–H and O–H groups in total. The highest BCUT2D eigenvalue weighted by molar-refractivity contribution is 6.33. The summed E-state index contributed by atoms with van der Waals surface area (Å²) < 4.78 is 0. The predicted molar refractivity (Wildman–Crippen MR) is 72.8 cm³/mol. The molecule has 7 heteroatoms. The number of halogens is 1. The molecule has 1 saturated heterocycles. The average Bonchev–Trinajstić information content (AvgIpc) is 2.88. The molecule has 1 amide bonds. The van der Waals surface area contributed by atoms with Crippen molar-refractivity contribution in [3.8, 4) is 0 Å². The van der Waals surface area contributed by atoms with Crippen LogP contribution in [0.5, 0.6) is 0 Å². The van der Waals surface area contributed by atoms with Crippen LogP contribution in [0.15, 0.2) is 6.20 Å². The first-order valence-corrected chi connectivity index (χ1v) is 6.82. The Morgan fingerprint density at radius 2 is 2.20 bits per heavy atom. The van der Waals surface area contributed by atoms with Crippen molar-refractivity contribution in [1.82, 2.24) is 14.9 Å². The molecule has 20 heavy (non-hydrogen) atoms. The van der Waals surface area contributed by atoms with Crippen LogP contribution < -0.4 is 0 Å². The lowest BCUT2D eigenvalue weighted by molar-refractivity contribution is -0.141. The van der Waals surface area contributed by atoms with Crippen LogP contribution in [-0.4, -0.2) is 44.9 Å². The van der Waals surface area contributed by atoms with E-state index in [0.717, 1.165) is 0 Å². The molecule has 2 heterocycles. The number of nitrogens with zero attached hydrogens (tertiary/aromatic N) is 3. The molecular weight excluding hydrogens is 282 g/mol. The van der Waals surface area contributed by atoms with Crippen LogP contribution in [0.2, 0.25) is 5.02 Å². The molecule has 1 aromatic heterocycles. The predicted octanol–water partition coefficient (Wildman–Crippen LogP) is 1.80. The summed E-state index contributed by atoms with van der Waals surface area (Å²) in [6, 6.07) is 0. The van der Waals surface area contributed by atoms with E-state index in [-0.39, 0.29) is 29.1 Å². The van der Waals surface area contributed by atoms with Gasteiger partial charge in [-0.1, -0.05) is 25.4 Å². The Labute approximate surface area is 121 Å². The third kappa shape index (κ3) is 2.90. The number of hydrogen-bond acceptors (Lipinski definition) is 4. The van der Waals surface area contributed by atoms with Gasteiger partial charge in [0.1, 0.15) is 5.82 Å². The summed E-state index contributed by atoms with van der Waals surface area (Å²) >= 11 is 5.98. The Bertz CT molecular complexity index is 548. The Kier molecular flexibility index (Phi) is 4.23. The zero-order valence-corrected chi connectivity index (χ0v) is 12.1. The van der Waals surface area contributed by atoms with Crippen molar-refractivity contribution >= 4 is 23.5 Å². The molecule has 0 spiro atoms. The van der Waals surface area contributed by atoms with Gasteiger partial charge in [0.05, 0.1) is 17.1 Å². The molecule has 2 rings (SSSR count). The summed E-state index contributed by atoms with van der Waals surface area (Å²) in [6.45, 7) is 4.46. The summed E-state index contributed by atoms with van der Waals surface area (Å²) in [4.78, 5) is 33.1. The number of carbonyl (C=O) groups excluding carboxylic acids is 1. The first kappa shape index (κ1) is 14.7. The number of amides is 1. The van der Waals surface area contributed by atoms with Gasteiger partial charge in [-0.3, -0.25) is 9.59 Å². The van der Waals surface area contributed by atoms with Crippen molar-refractivity contribution in [3.05, 3.63) is 22.7 Å². The van der Waals surface area contributed by atoms with E-state index in [2.05, 4.69) is 9.97 Å². The number of carboxylic acids is 1. The summed E-state index contributed by atoms with van der Waals surface area (Å²) in [7, 11) is 0. The minimum absolute atomic E-state index is 0.0872. The number of aliphatic carboxylic acids is 1. The maximum atomic E-state index is 12.4. The highest BCUT2D eigenvalue weighted by Crippen LogP contribution is 2.22. The maximum Gasteiger partial charge on any atom is 0.308 e. The smallest absolute Gasteiger partial charge is 0.308 e. The van der Waals surface area contributed by atoms with Gasteiger partial charge in [-0.05, 0) is 6.42 Å². The fraction of sp³-hybridized carbons (Fsp3) is 0.538. The van der Waals surface area contributed by atoms with Crippen LogP contribution in [-0.2, 0) is 4.79 Å². The second-order valence-corrected chi connectivity index (χ2v) is 5.56. The summed E-state index contributed by atoms with van der Waals surface area (Å²) in [6.07, 6.45) is 1.88. The van der Waals surface area contributed by atoms with Crippen LogP contribution >= 0.6 is 11.6 Å². The van der Waals surface area contributed by atoms with E-state index < -0.39 is 11.9 Å². The highest BCUT2D eigenvalue weighted by atomic mass is 35.5. The van der Waals surface area contributed by atoms with E-state index in [4.69, 9.17) is 16.7 Å². The second kappa shape index (κ2) is 5.75. The van der Waals surface area contributed by atoms with Crippen LogP contribution in [0.4, 0.5) is 0 Å². The number of hydrogen-bond donors (Lipinski definition) is 1. The molecule has 108 valence electrons. The zero-order chi connectivity index (χ0) is 14.9. The van der Waals surface area contributed by atoms with E-state index in [1.54, 1.807) is 0 Å². The van der Waals surface area contributed by atoms with Gasteiger partial charge in [0.25, 0.3) is 5.91 Å². The van der Waals surface area contributed by atoms with Crippen LogP contribution in [0.3, 0.4) is 0 Å². The van der Waals surface area contributed by atoms with Gasteiger partial charge < -0.3 is 10.0 Å². The highest BCUT2D eigenvalue weighted by Gasteiger charge is 2.32. The number of likely N-dealkylation sites (tertiary alicyclic amines) is 1. The number of aromatic nitrogens is 2. The van der Waals surface area contributed by atoms with Crippen molar-refractivity contribution in [2.45, 2.75) is 26.2 Å². The van der Waals surface area contributed by atoms with Gasteiger partial charge in [0.15, 0.2) is 5.69 Å². The molecule has 6 nitrogen and oxygen atoms in total. The molecule has 1 aliphatic heterocycles. The molecule has 1 aromatic rings. The zero-order valence-electron chi connectivity index (χ0n) is 11.3. The lowest BCUT2D eigenvalue weighted by Crippen LogP contribution is -2.31. The molecule has 1 atom stereocenters. The molecule has 0 aliphatic carbocycles. The summed E-state index contributed by atoms with van der Waals surface area (Å²) in [5, 5.41) is 9.16. The van der Waals surface area contributed by atoms with Crippen molar-refractivity contribution in [2.24, 2.45) is 5.92 Å². The quantitative estimate of drug-likeness (QED) is 0.919. The maximum absolute atomic E-state index is 12.4. The van der Waals surface area contributed by atoms with E-state index >= 15 is 0 Å². The molecular formula is C13H16ClN3O3. The van der Waals surface area contributed by atoms with E-state index in [1.165, 1.54) is 11.1 Å². The fourth-order valence-electron chi connectivity index (χ4n) is 2.10. The van der Waals surface area contributed by atoms with Gasteiger partial charge in [-0.2, -0.15) is 0 Å². The van der Waals surface area contributed by atoms with Crippen molar-refractivity contribution in [3.63, 3.8) is 0 Å². The number of carbonyl (C=O) groups is 2. The minimum Gasteiger partial charge on any atom is -0.481 e. The lowest BCUT2D eigenvalue weighted by atomic mass is 10.1. The summed E-state index contributed by atoms with van der Waals surface area (Å²) in [5.74, 6) is -1.08. The third-order valence-corrected chi connectivity index (χ3v) is 3.58. The Hall–Kier alpha value is -1.69. The van der Waals surface area contributed by atoms with Gasteiger partial charge >= 0.3 is 5.97 Å². The standard InChI is InChI=1S/C13H16ClN3O3/c1-7(2)11-15-5-9(14)10(16-11)12(18)17-4-3-8(6-17)13(19)20/h5,7-8H,3-4,6H2,1-2H3,(H,19,20)/t8-/m1/s1. The van der Waals surface area contributed by atoms with Crippen molar-refractivity contribution in [2.75, 3.05) is 13.1 Å². The van der Waals surface area contributed by atoms with Gasteiger partial charge in [-0.25, -0.2) is 9.97 Å². The SMILES string of the molecule is CC(C)c1ncc(Cl)c(C(=O)N2CC[C@@H](C(=O)O)C2)n1. The largest absolute Gasteiger partial charge is 0.481 e. The fourth-order valence-corrected chi connectivity index (χ4v) is 2.28. The molecule has 1 aliphatic rings. The van der Waals surface area contributed by atoms with Crippen LogP contribution in [0, 0.1) is 5.92 Å². The normalized spacial score (nSPS) is 18.6. The number of rotatable bonds is 3. The lowest BCUT2D eigenvalue weighted by Gasteiger charge is -2.16. The van der Waals surface area contributed by atoms with Crippen LogP contribution in [0.25, 0.3) is 0 Å². The average molecular weight is 298 g/mol. The number of carboxylic acid groups (broad SMARTS) is 1. The molecule has 0 bridgehead atoms. The van der Waals surface area contributed by atoms with E-state index in [1.807, 2.05) is 13.8 Å². The van der Waals surface area contributed by atoms with E-state index in [0.29, 0.717) is 18.8 Å². The third-order valence-electron chi connectivity index (χ3n) is 3.31. The molecule has 0 radical (unpaired) electrons. The Balaban J connectivity index is 2.21. The molecule has 0 saturated carbocycles. The topological polar surface area (TPSA) is 83.4 Å². The summed E-state index contributed by atoms with van der Waals surface area (Å²) in [5.41, 5.74) is 0.149. The van der Waals surface area contributed by atoms with Crippen molar-refractivity contribution < 1.29 is 14.7 Å². The first-order valence-electron chi connectivity index (χ1n) is 6.44. The molecule has 0 unspecified atom stereocenters. The second-order valence-electron chi connectivity index (χ2n) is 5.15. The Morgan fingerprint density at radius 3 is 2.75 bits per heavy atom. The van der Waals surface area contributed by atoms with Gasteiger partial charge in [-0.15, -0.1) is 0 Å². The monoisotopic (exact) mass is 297 g/mol. The molecule has 1 fully saturated rings. The Morgan fingerprint density at radius 1 is 1.50 bits per heavy atom. The molecule has 0 aromatic carbocycles. The van der Waals surface area contributed by atoms with E-state index in [9.17, 15) is 9.59 Å². The first-order chi connectivity index (χ1) is 9.40. The van der Waals surface area contributed by atoms with Crippen LogP contribution in [0.1, 0.15) is 42.5 Å².